The molecule has 192 valence electrons. The highest BCUT2D eigenvalue weighted by Crippen LogP contribution is 2.36. The number of hydrogen-bond acceptors (Lipinski definition) is 7. The maximum atomic E-state index is 13.4. The normalized spacial score (nSPS) is 18.9. The van der Waals surface area contributed by atoms with Crippen LogP contribution < -0.4 is 4.90 Å². The van der Waals surface area contributed by atoms with Crippen molar-refractivity contribution in [1.29, 1.82) is 5.41 Å². The fraction of sp³-hybridized carbons (Fsp3) is 0.519. The summed E-state index contributed by atoms with van der Waals surface area (Å²) in [5, 5.41) is 9.20. The van der Waals surface area contributed by atoms with Gasteiger partial charge in [0.2, 0.25) is 11.9 Å². The Balaban J connectivity index is 1.71. The minimum absolute atomic E-state index is 0.0483. The van der Waals surface area contributed by atoms with Crippen molar-refractivity contribution >= 4 is 23.9 Å². The van der Waals surface area contributed by atoms with Gasteiger partial charge >= 0.3 is 0 Å². The number of rotatable bonds is 8. The highest BCUT2D eigenvalue weighted by atomic mass is 19.1. The molecular formula is C27H35FN6O2. The summed E-state index contributed by atoms with van der Waals surface area (Å²) in [7, 11) is 0. The molecule has 2 unspecified atom stereocenters. The Morgan fingerprint density at radius 2 is 1.83 bits per heavy atom. The summed E-state index contributed by atoms with van der Waals surface area (Å²) in [6, 6.07) is 6.06. The van der Waals surface area contributed by atoms with Crippen LogP contribution in [-0.4, -0.2) is 69.9 Å². The Morgan fingerprint density at radius 3 is 2.39 bits per heavy atom. The third kappa shape index (κ3) is 5.16. The second-order valence-corrected chi connectivity index (χ2v) is 9.93. The van der Waals surface area contributed by atoms with Crippen molar-refractivity contribution in [3.8, 4) is 0 Å². The quantitative estimate of drug-likeness (QED) is 0.447. The molecule has 9 heteroatoms. The van der Waals surface area contributed by atoms with E-state index in [1.807, 2.05) is 25.7 Å². The van der Waals surface area contributed by atoms with Crippen molar-refractivity contribution in [2.24, 2.45) is 5.92 Å². The third-order valence-corrected chi connectivity index (χ3v) is 7.36. The fourth-order valence-electron chi connectivity index (χ4n) is 5.11. The van der Waals surface area contributed by atoms with Crippen LogP contribution in [0.1, 0.15) is 62.7 Å². The maximum absolute atomic E-state index is 13.4. The van der Waals surface area contributed by atoms with E-state index in [-0.39, 0.29) is 23.7 Å². The van der Waals surface area contributed by atoms with Crippen LogP contribution in [0.2, 0.25) is 0 Å². The minimum atomic E-state index is -0.482. The lowest BCUT2D eigenvalue weighted by atomic mass is 9.89. The number of aldehydes is 1. The van der Waals surface area contributed by atoms with E-state index in [9.17, 15) is 19.4 Å². The van der Waals surface area contributed by atoms with E-state index < -0.39 is 6.04 Å². The lowest BCUT2D eigenvalue weighted by Crippen LogP contribution is -2.48. The summed E-state index contributed by atoms with van der Waals surface area (Å²) >= 11 is 0. The number of piperazine rings is 1. The zero-order valence-electron chi connectivity index (χ0n) is 21.5. The molecule has 2 aromatic rings. The van der Waals surface area contributed by atoms with Crippen molar-refractivity contribution in [1.82, 2.24) is 19.8 Å². The van der Waals surface area contributed by atoms with Crippen LogP contribution in [0.4, 0.5) is 10.3 Å². The number of carbonyl (C=O) groups excluding carboxylic acids is 2. The average Bonchev–Trinajstić information content (AvgIpc) is 3.26. The molecule has 1 saturated heterocycles. The molecule has 8 nitrogen and oxygen atoms in total. The zero-order valence-corrected chi connectivity index (χ0v) is 21.5. The van der Waals surface area contributed by atoms with Crippen molar-refractivity contribution in [3.63, 3.8) is 0 Å². The largest absolute Gasteiger partial charge is 0.339 e. The molecule has 2 atom stereocenters. The van der Waals surface area contributed by atoms with Gasteiger partial charge in [-0.2, -0.15) is 0 Å². The molecule has 0 bridgehead atoms. The van der Waals surface area contributed by atoms with Gasteiger partial charge in [-0.1, -0.05) is 19.1 Å². The van der Waals surface area contributed by atoms with Crippen molar-refractivity contribution in [3.05, 3.63) is 52.6 Å². The summed E-state index contributed by atoms with van der Waals surface area (Å²) < 4.78 is 13.4. The van der Waals surface area contributed by atoms with Crippen LogP contribution in [0.15, 0.2) is 24.3 Å². The van der Waals surface area contributed by atoms with E-state index in [1.54, 1.807) is 24.0 Å². The van der Waals surface area contributed by atoms with Gasteiger partial charge in [0.1, 0.15) is 18.1 Å². The highest BCUT2D eigenvalue weighted by Gasteiger charge is 2.38. The summed E-state index contributed by atoms with van der Waals surface area (Å²) in [6.45, 7) is 10.6. The topological polar surface area (TPSA) is 93.5 Å². The molecule has 0 radical (unpaired) electrons. The molecule has 1 aromatic heterocycles. The number of halogens is 1. The molecule has 1 fully saturated rings. The van der Waals surface area contributed by atoms with E-state index in [1.165, 1.54) is 12.1 Å². The zero-order chi connectivity index (χ0) is 26.0. The van der Waals surface area contributed by atoms with E-state index in [4.69, 9.17) is 9.97 Å². The van der Waals surface area contributed by atoms with Gasteiger partial charge in [0.25, 0.3) is 0 Å². The summed E-state index contributed by atoms with van der Waals surface area (Å²) in [5.41, 5.74) is 3.49. The van der Waals surface area contributed by atoms with Crippen LogP contribution in [0.5, 0.6) is 0 Å². The number of aromatic nitrogens is 2. The van der Waals surface area contributed by atoms with Crippen LogP contribution >= 0.6 is 0 Å². The summed E-state index contributed by atoms with van der Waals surface area (Å²) in [5.74, 6) is 0.163. The van der Waals surface area contributed by atoms with Gasteiger partial charge in [0, 0.05) is 57.2 Å². The summed E-state index contributed by atoms with van der Waals surface area (Å²) in [6.07, 6.45) is 2.26. The van der Waals surface area contributed by atoms with Crippen molar-refractivity contribution in [2.75, 3.05) is 31.1 Å². The average molecular weight is 495 g/mol. The van der Waals surface area contributed by atoms with Gasteiger partial charge in [-0.25, -0.2) is 14.4 Å². The van der Waals surface area contributed by atoms with Crippen LogP contribution in [0.25, 0.3) is 0 Å². The number of nitrogens with one attached hydrogen (secondary N) is 1. The number of nitrogens with zero attached hydrogens (tertiary/aromatic N) is 5. The van der Waals surface area contributed by atoms with Gasteiger partial charge in [0.15, 0.2) is 0 Å². The Labute approximate surface area is 212 Å². The molecule has 0 aliphatic carbocycles. The molecule has 1 amide bonds. The smallest absolute Gasteiger partial charge is 0.226 e. The molecular weight excluding hydrogens is 459 g/mol. The van der Waals surface area contributed by atoms with Crippen LogP contribution in [0.3, 0.4) is 0 Å². The van der Waals surface area contributed by atoms with Crippen molar-refractivity contribution in [2.45, 2.75) is 59.2 Å². The Bertz CT molecular complexity index is 1130. The second kappa shape index (κ2) is 10.8. The second-order valence-electron chi connectivity index (χ2n) is 9.93. The molecule has 2 aliphatic rings. The molecule has 36 heavy (non-hydrogen) atoms. The van der Waals surface area contributed by atoms with Gasteiger partial charge in [-0.05, 0) is 44.4 Å². The van der Waals surface area contributed by atoms with Gasteiger partial charge in [0.05, 0.1) is 17.1 Å². The first-order chi connectivity index (χ1) is 17.2. The lowest BCUT2D eigenvalue weighted by Gasteiger charge is -2.34. The highest BCUT2D eigenvalue weighted by molar-refractivity contribution is 6.00. The number of amides is 1. The minimum Gasteiger partial charge on any atom is -0.339 e. The summed E-state index contributed by atoms with van der Waals surface area (Å²) in [4.78, 5) is 39.7. The molecule has 1 N–H and O–H groups in total. The van der Waals surface area contributed by atoms with E-state index in [2.05, 4.69) is 4.90 Å². The van der Waals surface area contributed by atoms with E-state index >= 15 is 0 Å². The van der Waals surface area contributed by atoms with Gasteiger partial charge in [-0.15, -0.1) is 0 Å². The SMILES string of the molecule is CCC(Cc1ccc(F)cc1)C(=N)c1nc(N2CCN(C(C)=O)CC2)nc2c1CN(C(C)C)C2C=O. The van der Waals surface area contributed by atoms with Crippen LogP contribution in [-0.2, 0) is 22.6 Å². The first-order valence-corrected chi connectivity index (χ1v) is 12.7. The first kappa shape index (κ1) is 25.9. The van der Waals surface area contributed by atoms with E-state index in [0.717, 1.165) is 23.8 Å². The Kier molecular flexibility index (Phi) is 7.78. The molecule has 3 heterocycles. The molecule has 2 aliphatic heterocycles. The number of benzene rings is 1. The number of fused-ring (bicyclic) bond motifs is 1. The van der Waals surface area contributed by atoms with Gasteiger partial charge < -0.3 is 20.0 Å². The molecule has 0 saturated carbocycles. The first-order valence-electron chi connectivity index (χ1n) is 12.7. The lowest BCUT2D eigenvalue weighted by molar-refractivity contribution is -0.129. The molecule has 1 aromatic carbocycles. The standard InChI is InChI=1S/C27H35FN6O2/c1-5-20(14-19-6-8-21(28)9-7-19)24(29)26-22-15-34(17(2)3)23(16-35)25(22)30-27(31-26)33-12-10-32(11-13-33)18(4)36/h6-9,16-17,20,23,29H,5,10-15H2,1-4H3. The van der Waals surface area contributed by atoms with E-state index in [0.29, 0.717) is 62.2 Å². The third-order valence-electron chi connectivity index (χ3n) is 7.36. The maximum Gasteiger partial charge on any atom is 0.226 e. The van der Waals surface area contributed by atoms with Gasteiger partial charge in [-0.3, -0.25) is 9.69 Å². The van der Waals surface area contributed by atoms with Crippen molar-refractivity contribution < 1.29 is 14.0 Å². The monoisotopic (exact) mass is 494 g/mol. The molecule has 4 rings (SSSR count). The predicted molar refractivity (Wildman–Crippen MR) is 137 cm³/mol. The number of hydrogen-bond donors (Lipinski definition) is 1. The molecule has 0 spiro atoms. The Hall–Kier alpha value is -3.20. The number of carbonyl (C=O) groups is 2. The fourth-order valence-corrected chi connectivity index (χ4v) is 5.11. The number of anilines is 1. The Morgan fingerprint density at radius 1 is 1.17 bits per heavy atom. The predicted octanol–water partition coefficient (Wildman–Crippen LogP) is 3.38. The van der Waals surface area contributed by atoms with Crippen LogP contribution in [0, 0.1) is 17.1 Å².